The third kappa shape index (κ3) is 1.85. The number of nitrogens with one attached hydrogen (secondary N) is 1. The molecule has 0 radical (unpaired) electrons. The number of rotatable bonds is 2. The minimum absolute atomic E-state index is 0. The predicted octanol–water partition coefficient (Wildman–Crippen LogP) is 2.57. The van der Waals surface area contributed by atoms with E-state index in [1.807, 2.05) is 19.2 Å². The Morgan fingerprint density at radius 3 is 2.92 bits per heavy atom. The molecule has 13 heavy (non-hydrogen) atoms. The van der Waals surface area contributed by atoms with Crippen molar-refractivity contribution >= 4 is 23.4 Å². The number of hydrogen-bond donors (Lipinski definition) is 1. The molecule has 0 unspecified atom stereocenters. The molecule has 0 aliphatic heterocycles. The Bertz CT molecular complexity index is 383. The van der Waals surface area contributed by atoms with Gasteiger partial charge in [-0.2, -0.15) is 0 Å². The summed E-state index contributed by atoms with van der Waals surface area (Å²) in [7, 11) is 1.93. The maximum absolute atomic E-state index is 5.36. The summed E-state index contributed by atoms with van der Waals surface area (Å²) in [4.78, 5) is 0. The van der Waals surface area contributed by atoms with Gasteiger partial charge in [0.15, 0.2) is 0 Å². The van der Waals surface area contributed by atoms with Crippen molar-refractivity contribution in [3.63, 3.8) is 0 Å². The van der Waals surface area contributed by atoms with Crippen molar-refractivity contribution in [1.29, 1.82) is 0 Å². The molecule has 0 atom stereocenters. The zero-order chi connectivity index (χ0) is 8.39. The molecule has 0 aliphatic carbocycles. The molecule has 0 aliphatic rings. The van der Waals surface area contributed by atoms with Gasteiger partial charge in [-0.15, -0.1) is 12.4 Å². The van der Waals surface area contributed by atoms with E-state index in [0.29, 0.717) is 0 Å². The van der Waals surface area contributed by atoms with E-state index in [9.17, 15) is 0 Å². The second-order valence-electron chi connectivity index (χ2n) is 2.79. The van der Waals surface area contributed by atoms with Crippen LogP contribution in [0.15, 0.2) is 34.9 Å². The van der Waals surface area contributed by atoms with Crippen LogP contribution in [0.1, 0.15) is 5.56 Å². The predicted molar refractivity (Wildman–Crippen MR) is 56.2 cm³/mol. The largest absolute Gasteiger partial charge is 0.464 e. The van der Waals surface area contributed by atoms with Crippen molar-refractivity contribution < 1.29 is 4.42 Å². The van der Waals surface area contributed by atoms with Gasteiger partial charge in [-0.1, -0.05) is 18.2 Å². The first kappa shape index (κ1) is 10.1. The molecule has 1 heterocycles. The van der Waals surface area contributed by atoms with Gasteiger partial charge in [0.1, 0.15) is 5.58 Å². The number of halogens is 1. The van der Waals surface area contributed by atoms with Crippen LogP contribution in [0.5, 0.6) is 0 Å². The lowest BCUT2D eigenvalue weighted by Crippen LogP contribution is -2.04. The van der Waals surface area contributed by atoms with Gasteiger partial charge in [0.05, 0.1) is 6.26 Å². The average molecular weight is 198 g/mol. The van der Waals surface area contributed by atoms with E-state index in [1.165, 1.54) is 10.9 Å². The van der Waals surface area contributed by atoms with E-state index in [4.69, 9.17) is 4.42 Å². The van der Waals surface area contributed by atoms with Crippen LogP contribution in [-0.4, -0.2) is 7.05 Å². The van der Waals surface area contributed by atoms with E-state index < -0.39 is 0 Å². The third-order valence-electron chi connectivity index (χ3n) is 1.93. The smallest absolute Gasteiger partial charge is 0.138 e. The molecule has 0 amide bonds. The van der Waals surface area contributed by atoms with Gasteiger partial charge >= 0.3 is 0 Å². The van der Waals surface area contributed by atoms with Crippen molar-refractivity contribution in [3.05, 3.63) is 36.1 Å². The Balaban J connectivity index is 0.000000845. The van der Waals surface area contributed by atoms with Crippen LogP contribution in [0.25, 0.3) is 11.0 Å². The standard InChI is InChI=1S/C10H11NO.ClH/c1-11-7-9-4-2-3-8-5-6-12-10(8)9;/h2-6,11H,7H2,1H3;1H. The fourth-order valence-electron chi connectivity index (χ4n) is 1.38. The third-order valence-corrected chi connectivity index (χ3v) is 1.93. The van der Waals surface area contributed by atoms with Crippen molar-refractivity contribution in [1.82, 2.24) is 5.32 Å². The van der Waals surface area contributed by atoms with Gasteiger partial charge in [-0.25, -0.2) is 0 Å². The fraction of sp³-hybridized carbons (Fsp3) is 0.200. The van der Waals surface area contributed by atoms with E-state index in [1.54, 1.807) is 6.26 Å². The molecule has 3 heteroatoms. The molecular formula is C10H12ClNO. The Hall–Kier alpha value is -0.990. The number of hydrogen-bond acceptors (Lipinski definition) is 2. The van der Waals surface area contributed by atoms with E-state index in [2.05, 4.69) is 17.4 Å². The number of fused-ring (bicyclic) bond motifs is 1. The maximum atomic E-state index is 5.36. The van der Waals surface area contributed by atoms with E-state index in [0.717, 1.165) is 12.1 Å². The normalized spacial score (nSPS) is 9.92. The van der Waals surface area contributed by atoms with Crippen molar-refractivity contribution in [2.45, 2.75) is 6.54 Å². The quantitative estimate of drug-likeness (QED) is 0.801. The van der Waals surface area contributed by atoms with E-state index >= 15 is 0 Å². The van der Waals surface area contributed by atoms with Crippen LogP contribution in [0.2, 0.25) is 0 Å². The lowest BCUT2D eigenvalue weighted by Gasteiger charge is -1.99. The zero-order valence-electron chi connectivity index (χ0n) is 7.41. The van der Waals surface area contributed by atoms with Gasteiger partial charge in [0.2, 0.25) is 0 Å². The van der Waals surface area contributed by atoms with Crippen LogP contribution in [0, 0.1) is 0 Å². The van der Waals surface area contributed by atoms with Gasteiger partial charge in [-0.3, -0.25) is 0 Å². The molecule has 0 saturated heterocycles. The molecule has 2 nitrogen and oxygen atoms in total. The van der Waals surface area contributed by atoms with Gasteiger partial charge < -0.3 is 9.73 Å². The second kappa shape index (κ2) is 4.30. The summed E-state index contributed by atoms with van der Waals surface area (Å²) in [5.74, 6) is 0. The average Bonchev–Trinajstić information content (AvgIpc) is 2.53. The highest BCUT2D eigenvalue weighted by Gasteiger charge is 2.01. The summed E-state index contributed by atoms with van der Waals surface area (Å²) in [6.45, 7) is 0.852. The van der Waals surface area contributed by atoms with Crippen molar-refractivity contribution in [2.75, 3.05) is 7.05 Å². The minimum atomic E-state index is 0. The zero-order valence-corrected chi connectivity index (χ0v) is 8.23. The maximum Gasteiger partial charge on any atom is 0.138 e. The highest BCUT2D eigenvalue weighted by Crippen LogP contribution is 2.19. The molecule has 2 aromatic rings. The highest BCUT2D eigenvalue weighted by molar-refractivity contribution is 5.85. The lowest BCUT2D eigenvalue weighted by atomic mass is 10.1. The van der Waals surface area contributed by atoms with Crippen LogP contribution in [-0.2, 0) is 6.54 Å². The van der Waals surface area contributed by atoms with Crippen LogP contribution < -0.4 is 5.32 Å². The molecular weight excluding hydrogens is 186 g/mol. The minimum Gasteiger partial charge on any atom is -0.464 e. The topological polar surface area (TPSA) is 25.2 Å². The summed E-state index contributed by atoms with van der Waals surface area (Å²) in [5.41, 5.74) is 2.20. The second-order valence-corrected chi connectivity index (χ2v) is 2.79. The molecule has 70 valence electrons. The number of benzene rings is 1. The van der Waals surface area contributed by atoms with Gasteiger partial charge in [0.25, 0.3) is 0 Å². The first-order valence-electron chi connectivity index (χ1n) is 4.01. The Kier molecular flexibility index (Phi) is 3.34. The summed E-state index contributed by atoms with van der Waals surface area (Å²) in [6.07, 6.45) is 1.73. The van der Waals surface area contributed by atoms with Crippen LogP contribution in [0.3, 0.4) is 0 Å². The fourth-order valence-corrected chi connectivity index (χ4v) is 1.38. The van der Waals surface area contributed by atoms with Crippen LogP contribution >= 0.6 is 12.4 Å². The SMILES string of the molecule is CNCc1cccc2ccoc12.Cl. The first-order chi connectivity index (χ1) is 5.92. The van der Waals surface area contributed by atoms with Crippen molar-refractivity contribution in [2.24, 2.45) is 0 Å². The monoisotopic (exact) mass is 197 g/mol. The molecule has 1 N–H and O–H groups in total. The molecule has 0 fully saturated rings. The number of furan rings is 1. The van der Waals surface area contributed by atoms with Gasteiger partial charge in [-0.05, 0) is 13.1 Å². The summed E-state index contributed by atoms with van der Waals surface area (Å²) < 4.78 is 5.36. The molecule has 1 aromatic heterocycles. The molecule has 0 saturated carbocycles. The Labute approximate surface area is 83.3 Å². The van der Waals surface area contributed by atoms with Crippen LogP contribution in [0.4, 0.5) is 0 Å². The molecule has 1 aromatic carbocycles. The first-order valence-corrected chi connectivity index (χ1v) is 4.01. The molecule has 0 bridgehead atoms. The molecule has 0 spiro atoms. The van der Waals surface area contributed by atoms with Crippen molar-refractivity contribution in [3.8, 4) is 0 Å². The van der Waals surface area contributed by atoms with E-state index in [-0.39, 0.29) is 12.4 Å². The lowest BCUT2D eigenvalue weighted by molar-refractivity contribution is 0.608. The summed E-state index contributed by atoms with van der Waals surface area (Å²) >= 11 is 0. The summed E-state index contributed by atoms with van der Waals surface area (Å²) in [5, 5.41) is 4.28. The molecule has 2 rings (SSSR count). The summed E-state index contributed by atoms with van der Waals surface area (Å²) in [6, 6.07) is 8.15. The highest BCUT2D eigenvalue weighted by atomic mass is 35.5. The Morgan fingerprint density at radius 1 is 1.31 bits per heavy atom. The number of para-hydroxylation sites is 1. The van der Waals surface area contributed by atoms with Gasteiger partial charge in [0, 0.05) is 17.5 Å². The Morgan fingerprint density at radius 2 is 2.15 bits per heavy atom.